The SMILES string of the molecule is CC(C)(C)OC(=O)NCc1sccc1CCC(=O)C1CC1. The number of thiophene rings is 1. The molecule has 2 rings (SSSR count). The van der Waals surface area contributed by atoms with Crippen molar-refractivity contribution in [2.75, 3.05) is 0 Å². The van der Waals surface area contributed by atoms with Gasteiger partial charge in [-0.05, 0) is 57.0 Å². The minimum absolute atomic E-state index is 0.326. The maximum Gasteiger partial charge on any atom is 0.407 e. The van der Waals surface area contributed by atoms with Gasteiger partial charge in [0.25, 0.3) is 0 Å². The van der Waals surface area contributed by atoms with Crippen molar-refractivity contribution in [3.63, 3.8) is 0 Å². The second kappa shape index (κ2) is 6.60. The standard InChI is InChI=1S/C16H23NO3S/c1-16(2,3)20-15(19)17-10-14-12(8-9-21-14)6-7-13(18)11-4-5-11/h8-9,11H,4-7,10H2,1-3H3,(H,17,19). The van der Waals surface area contributed by atoms with Crippen molar-refractivity contribution < 1.29 is 14.3 Å². The van der Waals surface area contributed by atoms with E-state index in [1.807, 2.05) is 32.2 Å². The first-order valence-corrected chi connectivity index (χ1v) is 8.28. The molecule has 5 heteroatoms. The molecule has 0 aliphatic heterocycles. The van der Waals surface area contributed by atoms with Crippen molar-refractivity contribution in [3.8, 4) is 0 Å². The van der Waals surface area contributed by atoms with Crippen molar-refractivity contribution in [1.29, 1.82) is 0 Å². The Balaban J connectivity index is 1.79. The molecule has 1 fully saturated rings. The van der Waals surface area contributed by atoms with Gasteiger partial charge in [-0.15, -0.1) is 11.3 Å². The number of ether oxygens (including phenoxy) is 1. The highest BCUT2D eigenvalue weighted by molar-refractivity contribution is 7.10. The van der Waals surface area contributed by atoms with E-state index in [1.54, 1.807) is 11.3 Å². The van der Waals surface area contributed by atoms with Crippen LogP contribution in [0.5, 0.6) is 0 Å². The van der Waals surface area contributed by atoms with Crippen molar-refractivity contribution in [1.82, 2.24) is 5.32 Å². The fourth-order valence-electron chi connectivity index (χ4n) is 2.08. The summed E-state index contributed by atoms with van der Waals surface area (Å²) in [6.45, 7) is 5.98. The Kier molecular flexibility index (Phi) is 5.04. The third-order valence-electron chi connectivity index (χ3n) is 3.30. The zero-order valence-corrected chi connectivity index (χ0v) is 13.7. The summed E-state index contributed by atoms with van der Waals surface area (Å²) in [7, 11) is 0. The highest BCUT2D eigenvalue weighted by atomic mass is 32.1. The number of carbonyl (C=O) groups is 2. The molecule has 1 aromatic heterocycles. The number of hydrogen-bond acceptors (Lipinski definition) is 4. The summed E-state index contributed by atoms with van der Waals surface area (Å²) >= 11 is 1.60. The van der Waals surface area contributed by atoms with E-state index in [2.05, 4.69) is 5.32 Å². The molecule has 4 nitrogen and oxygen atoms in total. The molecule has 0 unspecified atom stereocenters. The molecule has 1 amide bonds. The van der Waals surface area contributed by atoms with Gasteiger partial charge < -0.3 is 10.1 Å². The molecule has 0 aromatic carbocycles. The van der Waals surface area contributed by atoms with Gasteiger partial charge in [0.05, 0.1) is 6.54 Å². The van der Waals surface area contributed by atoms with Gasteiger partial charge in [-0.25, -0.2) is 4.79 Å². The van der Waals surface area contributed by atoms with Gasteiger partial charge in [0.15, 0.2) is 0 Å². The molecule has 1 saturated carbocycles. The Morgan fingerprint density at radius 2 is 2.10 bits per heavy atom. The molecular weight excluding hydrogens is 286 g/mol. The van der Waals surface area contributed by atoms with Crippen LogP contribution in [0, 0.1) is 5.92 Å². The third-order valence-corrected chi connectivity index (χ3v) is 4.27. The van der Waals surface area contributed by atoms with Crippen LogP contribution in [-0.4, -0.2) is 17.5 Å². The summed E-state index contributed by atoms with van der Waals surface area (Å²) in [6, 6.07) is 2.04. The molecule has 0 bridgehead atoms. The van der Waals surface area contributed by atoms with Crippen molar-refractivity contribution >= 4 is 23.2 Å². The normalized spacial score (nSPS) is 14.8. The number of carbonyl (C=O) groups excluding carboxylic acids is 2. The number of nitrogens with one attached hydrogen (secondary N) is 1. The van der Waals surface area contributed by atoms with Crippen molar-refractivity contribution in [2.24, 2.45) is 5.92 Å². The van der Waals surface area contributed by atoms with E-state index in [0.717, 1.165) is 29.7 Å². The lowest BCUT2D eigenvalue weighted by Crippen LogP contribution is -2.32. The first kappa shape index (κ1) is 16.0. The molecule has 1 aromatic rings. The number of amides is 1. The van der Waals surface area contributed by atoms with Gasteiger partial charge >= 0.3 is 6.09 Å². The largest absolute Gasteiger partial charge is 0.444 e. The zero-order chi connectivity index (χ0) is 15.5. The molecule has 1 N–H and O–H groups in total. The second-order valence-electron chi connectivity index (χ2n) is 6.47. The highest BCUT2D eigenvalue weighted by Crippen LogP contribution is 2.31. The summed E-state index contributed by atoms with van der Waals surface area (Å²) in [4.78, 5) is 24.5. The molecule has 0 atom stereocenters. The average Bonchev–Trinajstić information content (AvgIpc) is 3.12. The number of ketones is 1. The molecular formula is C16H23NO3S. The maximum absolute atomic E-state index is 11.7. The van der Waals surface area contributed by atoms with Crippen LogP contribution in [0.1, 0.15) is 50.5 Å². The van der Waals surface area contributed by atoms with Crippen LogP contribution in [-0.2, 0) is 22.5 Å². The van der Waals surface area contributed by atoms with Crippen LogP contribution in [0.3, 0.4) is 0 Å². The van der Waals surface area contributed by atoms with Crippen LogP contribution in [0.4, 0.5) is 4.79 Å². The predicted octanol–water partition coefficient (Wildman–Crippen LogP) is 3.68. The molecule has 0 spiro atoms. The van der Waals surface area contributed by atoms with Crippen LogP contribution in [0.15, 0.2) is 11.4 Å². The van der Waals surface area contributed by atoms with Gasteiger partial charge in [0.2, 0.25) is 0 Å². The van der Waals surface area contributed by atoms with E-state index < -0.39 is 11.7 Å². The van der Waals surface area contributed by atoms with Gasteiger partial charge in [-0.2, -0.15) is 0 Å². The Bertz CT molecular complexity index is 512. The summed E-state index contributed by atoms with van der Waals surface area (Å²) in [5, 5.41) is 4.77. The molecule has 21 heavy (non-hydrogen) atoms. The topological polar surface area (TPSA) is 55.4 Å². The van der Waals surface area contributed by atoms with E-state index in [-0.39, 0.29) is 0 Å². The maximum atomic E-state index is 11.7. The fourth-order valence-corrected chi connectivity index (χ4v) is 2.95. The highest BCUT2D eigenvalue weighted by Gasteiger charge is 2.28. The Morgan fingerprint density at radius 1 is 1.38 bits per heavy atom. The van der Waals surface area contributed by atoms with Crippen LogP contribution in [0.25, 0.3) is 0 Å². The smallest absolute Gasteiger partial charge is 0.407 e. The van der Waals surface area contributed by atoms with Crippen molar-refractivity contribution in [3.05, 3.63) is 21.9 Å². The van der Waals surface area contributed by atoms with Crippen LogP contribution >= 0.6 is 11.3 Å². The monoisotopic (exact) mass is 309 g/mol. The summed E-state index contributed by atoms with van der Waals surface area (Å²) in [5.74, 6) is 0.708. The lowest BCUT2D eigenvalue weighted by Gasteiger charge is -2.19. The van der Waals surface area contributed by atoms with Gasteiger partial charge in [0, 0.05) is 17.2 Å². The summed E-state index contributed by atoms with van der Waals surface area (Å²) in [6.07, 6.45) is 3.10. The van der Waals surface area contributed by atoms with E-state index >= 15 is 0 Å². The Morgan fingerprint density at radius 3 is 2.71 bits per heavy atom. The fraction of sp³-hybridized carbons (Fsp3) is 0.625. The minimum atomic E-state index is -0.487. The minimum Gasteiger partial charge on any atom is -0.444 e. The van der Waals surface area contributed by atoms with Crippen molar-refractivity contribution in [2.45, 2.75) is 58.6 Å². The first-order valence-electron chi connectivity index (χ1n) is 7.40. The quantitative estimate of drug-likeness (QED) is 0.872. The number of Topliss-reactive ketones (excluding diaryl/α,β-unsaturated/α-hetero) is 1. The molecule has 0 saturated heterocycles. The van der Waals surface area contributed by atoms with E-state index in [1.165, 1.54) is 0 Å². The van der Waals surface area contributed by atoms with Gasteiger partial charge in [0.1, 0.15) is 11.4 Å². The average molecular weight is 309 g/mol. The van der Waals surface area contributed by atoms with Crippen LogP contribution in [0.2, 0.25) is 0 Å². The van der Waals surface area contributed by atoms with E-state index in [4.69, 9.17) is 4.74 Å². The molecule has 1 aliphatic carbocycles. The summed E-state index contributed by atoms with van der Waals surface area (Å²) < 4.78 is 5.21. The Labute approximate surface area is 129 Å². The number of alkyl carbamates (subject to hydrolysis) is 1. The second-order valence-corrected chi connectivity index (χ2v) is 7.47. The molecule has 1 heterocycles. The predicted molar refractivity (Wildman–Crippen MR) is 83.4 cm³/mol. The number of rotatable bonds is 6. The van der Waals surface area contributed by atoms with Gasteiger partial charge in [-0.1, -0.05) is 0 Å². The third kappa shape index (κ3) is 5.50. The summed E-state index contributed by atoms with van der Waals surface area (Å²) in [5.41, 5.74) is 0.670. The van der Waals surface area contributed by atoms with E-state index in [9.17, 15) is 9.59 Å². The lowest BCUT2D eigenvalue weighted by molar-refractivity contribution is -0.120. The molecule has 1 aliphatic rings. The first-order chi connectivity index (χ1) is 9.85. The van der Waals surface area contributed by atoms with E-state index in [0.29, 0.717) is 24.7 Å². The molecule has 116 valence electrons. The van der Waals surface area contributed by atoms with Crippen LogP contribution < -0.4 is 5.32 Å². The lowest BCUT2D eigenvalue weighted by atomic mass is 10.1. The van der Waals surface area contributed by atoms with Gasteiger partial charge in [-0.3, -0.25) is 4.79 Å². The number of aryl methyl sites for hydroxylation is 1. The number of hydrogen-bond donors (Lipinski definition) is 1. The Hall–Kier alpha value is -1.36. The zero-order valence-electron chi connectivity index (χ0n) is 12.9. The molecule has 0 radical (unpaired) electrons.